The first-order valence-electron chi connectivity index (χ1n) is 6.88. The highest BCUT2D eigenvalue weighted by Crippen LogP contribution is 2.28. The Morgan fingerprint density at radius 2 is 2.10 bits per heavy atom. The summed E-state index contributed by atoms with van der Waals surface area (Å²) in [5, 5.41) is 12.4. The van der Waals surface area contributed by atoms with E-state index in [9.17, 15) is 4.79 Å². The van der Waals surface area contributed by atoms with Crippen LogP contribution in [0.5, 0.6) is 0 Å². The quantitative estimate of drug-likeness (QED) is 0.942. The number of carbonyl (C=O) groups is 1. The van der Waals surface area contributed by atoms with Crippen molar-refractivity contribution in [2.75, 3.05) is 5.32 Å². The number of hydrogen-bond acceptors (Lipinski definition) is 5. The van der Waals surface area contributed by atoms with Crippen molar-refractivity contribution >= 4 is 22.4 Å². The number of amides is 1. The molecule has 2 aromatic heterocycles. The van der Waals surface area contributed by atoms with E-state index in [1.807, 2.05) is 12.1 Å². The predicted molar refractivity (Wildman–Crippen MR) is 78.3 cm³/mol. The molecule has 1 fully saturated rings. The second kappa shape index (κ2) is 6.09. The fourth-order valence-corrected chi connectivity index (χ4v) is 3.19. The number of anilines is 1. The van der Waals surface area contributed by atoms with Gasteiger partial charge in [-0.3, -0.25) is 9.78 Å². The highest BCUT2D eigenvalue weighted by molar-refractivity contribution is 7.18. The van der Waals surface area contributed by atoms with E-state index in [2.05, 4.69) is 20.5 Å². The van der Waals surface area contributed by atoms with Crippen molar-refractivity contribution in [2.45, 2.75) is 32.1 Å². The molecule has 2 heterocycles. The Kier molecular flexibility index (Phi) is 4.01. The van der Waals surface area contributed by atoms with E-state index in [4.69, 9.17) is 0 Å². The highest BCUT2D eigenvalue weighted by atomic mass is 32.1. The van der Waals surface area contributed by atoms with E-state index >= 15 is 0 Å². The molecule has 0 saturated heterocycles. The zero-order chi connectivity index (χ0) is 13.8. The Balaban J connectivity index is 1.66. The number of hydrogen-bond donors (Lipinski definition) is 1. The molecule has 2 aromatic rings. The zero-order valence-corrected chi connectivity index (χ0v) is 11.9. The number of aromatic nitrogens is 3. The van der Waals surface area contributed by atoms with Crippen LogP contribution in [0, 0.1) is 5.92 Å². The van der Waals surface area contributed by atoms with Gasteiger partial charge < -0.3 is 5.32 Å². The Bertz CT molecular complexity index is 578. The predicted octanol–water partition coefficient (Wildman–Crippen LogP) is 3.12. The van der Waals surface area contributed by atoms with Crippen molar-refractivity contribution in [2.24, 2.45) is 5.92 Å². The summed E-state index contributed by atoms with van der Waals surface area (Å²) in [7, 11) is 0. The number of nitrogens with one attached hydrogen (secondary N) is 1. The average molecular weight is 288 g/mol. The van der Waals surface area contributed by atoms with Crippen LogP contribution in [-0.4, -0.2) is 21.1 Å². The van der Waals surface area contributed by atoms with E-state index in [-0.39, 0.29) is 11.8 Å². The molecule has 0 aliphatic heterocycles. The lowest BCUT2D eigenvalue weighted by atomic mass is 9.89. The van der Waals surface area contributed by atoms with Gasteiger partial charge in [0.25, 0.3) is 0 Å². The van der Waals surface area contributed by atoms with E-state index in [1.54, 1.807) is 12.4 Å². The van der Waals surface area contributed by atoms with Crippen molar-refractivity contribution in [1.82, 2.24) is 15.2 Å². The summed E-state index contributed by atoms with van der Waals surface area (Å²) < 4.78 is 0. The molecule has 0 aromatic carbocycles. The summed E-state index contributed by atoms with van der Waals surface area (Å²) in [5.41, 5.74) is 0.920. The largest absolute Gasteiger partial charge is 0.300 e. The first-order valence-corrected chi connectivity index (χ1v) is 7.69. The smallest absolute Gasteiger partial charge is 0.229 e. The molecule has 1 saturated carbocycles. The Morgan fingerprint density at radius 1 is 1.25 bits per heavy atom. The second-order valence-corrected chi connectivity index (χ2v) is 5.96. The van der Waals surface area contributed by atoms with E-state index in [1.165, 1.54) is 17.8 Å². The van der Waals surface area contributed by atoms with Crippen LogP contribution in [0.4, 0.5) is 5.13 Å². The molecule has 0 atom stereocenters. The molecule has 0 unspecified atom stereocenters. The summed E-state index contributed by atoms with van der Waals surface area (Å²) in [5.74, 6) is 0.216. The standard InChI is InChI=1S/C14H16N4OS/c19-12(10-5-2-1-3-6-10)16-14-18-17-13(20-14)11-7-4-8-15-9-11/h4,7-10H,1-3,5-6H2,(H,16,18,19). The van der Waals surface area contributed by atoms with Crippen molar-refractivity contribution < 1.29 is 4.79 Å². The first kappa shape index (κ1) is 13.2. The number of nitrogens with zero attached hydrogens (tertiary/aromatic N) is 3. The molecule has 0 bridgehead atoms. The molecule has 5 nitrogen and oxygen atoms in total. The van der Waals surface area contributed by atoms with Gasteiger partial charge in [-0.05, 0) is 25.0 Å². The van der Waals surface area contributed by atoms with Crippen LogP contribution in [0.2, 0.25) is 0 Å². The lowest BCUT2D eigenvalue weighted by molar-refractivity contribution is -0.120. The molecule has 6 heteroatoms. The Morgan fingerprint density at radius 3 is 2.85 bits per heavy atom. The van der Waals surface area contributed by atoms with Crippen LogP contribution >= 0.6 is 11.3 Å². The van der Waals surface area contributed by atoms with Crippen LogP contribution in [0.3, 0.4) is 0 Å². The van der Waals surface area contributed by atoms with Crippen molar-refractivity contribution in [3.8, 4) is 10.6 Å². The zero-order valence-electron chi connectivity index (χ0n) is 11.1. The van der Waals surface area contributed by atoms with Gasteiger partial charge in [-0.15, -0.1) is 10.2 Å². The molecular weight excluding hydrogens is 272 g/mol. The molecule has 0 radical (unpaired) electrons. The van der Waals surface area contributed by atoms with Crippen LogP contribution < -0.4 is 5.32 Å². The van der Waals surface area contributed by atoms with Gasteiger partial charge >= 0.3 is 0 Å². The van der Waals surface area contributed by atoms with Gasteiger partial charge in [0, 0.05) is 23.9 Å². The van der Waals surface area contributed by atoms with E-state index in [0.29, 0.717) is 5.13 Å². The third-order valence-electron chi connectivity index (χ3n) is 3.54. The third-order valence-corrected chi connectivity index (χ3v) is 4.43. The summed E-state index contributed by atoms with van der Waals surface area (Å²) in [4.78, 5) is 16.2. The molecular formula is C14H16N4OS. The van der Waals surface area contributed by atoms with Gasteiger partial charge in [0.1, 0.15) is 0 Å². The fourth-order valence-electron chi connectivity index (χ4n) is 2.45. The first-order chi connectivity index (χ1) is 9.83. The summed E-state index contributed by atoms with van der Waals surface area (Å²) >= 11 is 1.38. The minimum absolute atomic E-state index is 0.0820. The van der Waals surface area contributed by atoms with Crippen LogP contribution in [0.15, 0.2) is 24.5 Å². The third kappa shape index (κ3) is 3.01. The lowest BCUT2D eigenvalue weighted by Crippen LogP contribution is -2.24. The normalized spacial score (nSPS) is 16.0. The molecule has 0 spiro atoms. The van der Waals surface area contributed by atoms with Crippen LogP contribution in [0.25, 0.3) is 10.6 Å². The lowest BCUT2D eigenvalue weighted by Gasteiger charge is -2.19. The molecule has 3 rings (SSSR count). The molecule has 104 valence electrons. The van der Waals surface area contributed by atoms with Gasteiger partial charge in [-0.2, -0.15) is 0 Å². The summed E-state index contributed by atoms with van der Waals surface area (Å²) in [6, 6.07) is 3.79. The highest BCUT2D eigenvalue weighted by Gasteiger charge is 2.22. The minimum Gasteiger partial charge on any atom is -0.300 e. The number of rotatable bonds is 3. The van der Waals surface area contributed by atoms with Gasteiger partial charge in [-0.1, -0.05) is 30.6 Å². The fraction of sp³-hybridized carbons (Fsp3) is 0.429. The molecule has 1 aliphatic carbocycles. The topological polar surface area (TPSA) is 67.8 Å². The van der Waals surface area contributed by atoms with Gasteiger partial charge in [0.2, 0.25) is 11.0 Å². The summed E-state index contributed by atoms with van der Waals surface area (Å²) in [6.45, 7) is 0. The monoisotopic (exact) mass is 288 g/mol. The minimum atomic E-state index is 0.0820. The average Bonchev–Trinajstić information content (AvgIpc) is 2.97. The van der Waals surface area contributed by atoms with Gasteiger partial charge in [0.05, 0.1) is 0 Å². The SMILES string of the molecule is O=C(Nc1nnc(-c2cccnc2)s1)C1CCCCC1. The van der Waals surface area contributed by atoms with Crippen molar-refractivity contribution in [3.63, 3.8) is 0 Å². The molecule has 1 aliphatic rings. The maximum atomic E-state index is 12.1. The molecule has 1 amide bonds. The Labute approximate surface area is 121 Å². The number of pyridine rings is 1. The van der Waals surface area contributed by atoms with E-state index in [0.717, 1.165) is 36.3 Å². The number of carbonyl (C=O) groups excluding carboxylic acids is 1. The van der Waals surface area contributed by atoms with Gasteiger partial charge in [0.15, 0.2) is 5.01 Å². The van der Waals surface area contributed by atoms with Crippen molar-refractivity contribution in [3.05, 3.63) is 24.5 Å². The maximum Gasteiger partial charge on any atom is 0.229 e. The van der Waals surface area contributed by atoms with E-state index < -0.39 is 0 Å². The maximum absolute atomic E-state index is 12.1. The van der Waals surface area contributed by atoms with Crippen LogP contribution in [0.1, 0.15) is 32.1 Å². The Hall–Kier alpha value is -1.82. The van der Waals surface area contributed by atoms with Crippen molar-refractivity contribution in [1.29, 1.82) is 0 Å². The van der Waals surface area contributed by atoms with Gasteiger partial charge in [-0.25, -0.2) is 0 Å². The second-order valence-electron chi connectivity index (χ2n) is 4.98. The molecule has 20 heavy (non-hydrogen) atoms. The summed E-state index contributed by atoms with van der Waals surface area (Å²) in [6.07, 6.45) is 8.97. The molecule has 1 N–H and O–H groups in total. The van der Waals surface area contributed by atoms with Crippen LogP contribution in [-0.2, 0) is 4.79 Å².